The van der Waals surface area contributed by atoms with Crippen molar-refractivity contribution in [1.29, 1.82) is 0 Å². The lowest BCUT2D eigenvalue weighted by Crippen LogP contribution is -2.44. The molecule has 1 nitrogen and oxygen atoms in total. The molecule has 22 heavy (non-hydrogen) atoms. The van der Waals surface area contributed by atoms with E-state index >= 15 is 0 Å². The van der Waals surface area contributed by atoms with Gasteiger partial charge in [-0.15, -0.1) is 0 Å². The summed E-state index contributed by atoms with van der Waals surface area (Å²) in [4.78, 5) is 0. The largest absolute Gasteiger partial charge is 0.416 e. The molecule has 0 N–H and O–H groups in total. The molecule has 0 atom stereocenters. The van der Waals surface area contributed by atoms with Crippen molar-refractivity contribution < 1.29 is 17.6 Å². The molecule has 0 saturated carbocycles. The van der Waals surface area contributed by atoms with Crippen LogP contribution in [0.2, 0.25) is 13.1 Å². The van der Waals surface area contributed by atoms with Gasteiger partial charge in [-0.25, -0.2) is 0 Å². The molecule has 0 aromatic heterocycles. The van der Waals surface area contributed by atoms with E-state index < -0.39 is 20.1 Å². The maximum absolute atomic E-state index is 12.8. The third-order valence-corrected chi connectivity index (χ3v) is 6.34. The van der Waals surface area contributed by atoms with Crippen molar-refractivity contribution in [3.63, 3.8) is 0 Å². The Hall–Kier alpha value is -1.59. The predicted molar refractivity (Wildman–Crippen MR) is 85.6 cm³/mol. The lowest BCUT2D eigenvalue weighted by atomic mass is 10.0. The van der Waals surface area contributed by atoms with Crippen LogP contribution in [0.5, 0.6) is 0 Å². The molecular formula is C17H19F3OSi. The number of alkyl halides is 3. The fourth-order valence-corrected chi connectivity index (χ4v) is 4.24. The van der Waals surface area contributed by atoms with Crippen molar-refractivity contribution in [3.8, 4) is 11.1 Å². The molecule has 0 spiro atoms. The van der Waals surface area contributed by atoms with E-state index in [1.165, 1.54) is 12.1 Å². The van der Waals surface area contributed by atoms with Gasteiger partial charge in [-0.2, -0.15) is 13.2 Å². The number of benzene rings is 2. The first kappa shape index (κ1) is 16.8. The summed E-state index contributed by atoms with van der Waals surface area (Å²) >= 11 is 0. The lowest BCUT2D eigenvalue weighted by molar-refractivity contribution is -0.137. The van der Waals surface area contributed by atoms with Gasteiger partial charge in [0.05, 0.1) is 5.56 Å². The van der Waals surface area contributed by atoms with E-state index in [2.05, 4.69) is 13.1 Å². The molecule has 0 aliphatic heterocycles. The Morgan fingerprint density at radius 2 is 1.59 bits per heavy atom. The molecule has 0 amide bonds. The Morgan fingerprint density at radius 1 is 0.955 bits per heavy atom. The zero-order valence-electron chi connectivity index (χ0n) is 12.9. The van der Waals surface area contributed by atoms with Crippen LogP contribution in [0.15, 0.2) is 48.5 Å². The molecule has 0 heterocycles. The summed E-state index contributed by atoms with van der Waals surface area (Å²) in [5.74, 6) is 0. The molecule has 0 radical (unpaired) electrons. The van der Waals surface area contributed by atoms with Gasteiger partial charge in [-0.05, 0) is 48.5 Å². The first-order valence-corrected chi connectivity index (χ1v) is 10.1. The summed E-state index contributed by atoms with van der Waals surface area (Å²) in [5.41, 5.74) is 0.714. The van der Waals surface area contributed by atoms with Crippen molar-refractivity contribution in [2.24, 2.45) is 0 Å². The number of halogens is 3. The molecule has 2 aromatic rings. The summed E-state index contributed by atoms with van der Waals surface area (Å²) in [6.07, 6.45) is -4.32. The summed E-state index contributed by atoms with van der Waals surface area (Å²) in [5, 5.41) is 1.13. The quantitative estimate of drug-likeness (QED) is 0.733. The number of rotatable bonds is 4. The second-order valence-electron chi connectivity index (χ2n) is 5.60. The second-order valence-corrected chi connectivity index (χ2v) is 9.49. The predicted octanol–water partition coefficient (Wildman–Crippen LogP) is 4.82. The van der Waals surface area contributed by atoms with E-state index in [1.54, 1.807) is 6.07 Å². The van der Waals surface area contributed by atoms with Gasteiger partial charge in [0.25, 0.3) is 0 Å². The molecular weight excluding hydrogens is 305 g/mol. The minimum atomic E-state index is -4.32. The minimum absolute atomic E-state index is 0.567. The average Bonchev–Trinajstić information content (AvgIpc) is 2.47. The normalized spacial score (nSPS) is 12.5. The zero-order valence-corrected chi connectivity index (χ0v) is 13.9. The molecule has 0 fully saturated rings. The Labute approximate surface area is 129 Å². The van der Waals surface area contributed by atoms with Crippen LogP contribution in [0.1, 0.15) is 12.5 Å². The SMILES string of the molecule is CCO[Si](C)(C)c1ccc(-c2cccc(C(F)(F)F)c2)cc1. The summed E-state index contributed by atoms with van der Waals surface area (Å²) in [7, 11) is -1.92. The molecule has 0 bridgehead atoms. The standard InChI is InChI=1S/C17H19F3OSi/c1-4-21-22(2,3)16-10-8-13(9-11-16)14-6-5-7-15(12-14)17(18,19)20/h5-12H,4H2,1-3H3. The Bertz CT molecular complexity index is 633. The van der Waals surface area contributed by atoms with Crippen LogP contribution in [-0.2, 0) is 10.6 Å². The van der Waals surface area contributed by atoms with Crippen molar-refractivity contribution >= 4 is 13.5 Å². The van der Waals surface area contributed by atoms with Crippen LogP contribution in [0.4, 0.5) is 13.2 Å². The van der Waals surface area contributed by atoms with E-state index in [-0.39, 0.29) is 0 Å². The van der Waals surface area contributed by atoms with Crippen molar-refractivity contribution in [1.82, 2.24) is 0 Å². The fraction of sp³-hybridized carbons (Fsp3) is 0.294. The highest BCUT2D eigenvalue weighted by Gasteiger charge is 2.30. The zero-order chi connectivity index (χ0) is 16.4. The lowest BCUT2D eigenvalue weighted by Gasteiger charge is -2.22. The van der Waals surface area contributed by atoms with Gasteiger partial charge in [0.2, 0.25) is 8.32 Å². The van der Waals surface area contributed by atoms with E-state index in [4.69, 9.17) is 4.43 Å². The topological polar surface area (TPSA) is 9.23 Å². The van der Waals surface area contributed by atoms with E-state index in [1.807, 2.05) is 31.2 Å². The Morgan fingerprint density at radius 3 is 2.14 bits per heavy atom. The molecule has 0 aliphatic carbocycles. The van der Waals surface area contributed by atoms with Crippen LogP contribution in [0.25, 0.3) is 11.1 Å². The van der Waals surface area contributed by atoms with Gasteiger partial charge < -0.3 is 4.43 Å². The van der Waals surface area contributed by atoms with Gasteiger partial charge in [-0.1, -0.05) is 36.4 Å². The van der Waals surface area contributed by atoms with E-state index in [0.29, 0.717) is 12.2 Å². The highest BCUT2D eigenvalue weighted by atomic mass is 28.4. The van der Waals surface area contributed by atoms with Crippen LogP contribution >= 0.6 is 0 Å². The Kier molecular flexibility index (Phi) is 4.77. The number of hydrogen-bond acceptors (Lipinski definition) is 1. The van der Waals surface area contributed by atoms with Gasteiger partial charge in [0.1, 0.15) is 0 Å². The van der Waals surface area contributed by atoms with Crippen LogP contribution in [0, 0.1) is 0 Å². The summed E-state index contributed by atoms with van der Waals surface area (Å²) in [6, 6.07) is 13.0. The minimum Gasteiger partial charge on any atom is -0.413 e. The van der Waals surface area contributed by atoms with Crippen LogP contribution in [0.3, 0.4) is 0 Å². The van der Waals surface area contributed by atoms with Crippen LogP contribution < -0.4 is 5.19 Å². The van der Waals surface area contributed by atoms with Gasteiger partial charge in [0, 0.05) is 6.61 Å². The molecule has 118 valence electrons. The van der Waals surface area contributed by atoms with Gasteiger partial charge in [-0.3, -0.25) is 0 Å². The molecule has 0 unspecified atom stereocenters. The first-order valence-electron chi connectivity index (χ1n) is 7.16. The molecule has 5 heteroatoms. The summed E-state index contributed by atoms with van der Waals surface area (Å²) in [6.45, 7) is 6.84. The molecule has 0 aliphatic rings. The van der Waals surface area contributed by atoms with Crippen molar-refractivity contribution in [2.45, 2.75) is 26.2 Å². The first-order chi connectivity index (χ1) is 10.2. The van der Waals surface area contributed by atoms with Gasteiger partial charge in [0.15, 0.2) is 0 Å². The van der Waals surface area contributed by atoms with Crippen LogP contribution in [-0.4, -0.2) is 14.9 Å². The molecule has 0 saturated heterocycles. The maximum Gasteiger partial charge on any atom is 0.416 e. The average molecular weight is 324 g/mol. The smallest absolute Gasteiger partial charge is 0.413 e. The van der Waals surface area contributed by atoms with E-state index in [9.17, 15) is 13.2 Å². The second kappa shape index (κ2) is 6.26. The van der Waals surface area contributed by atoms with Crippen molar-refractivity contribution in [2.75, 3.05) is 6.61 Å². The van der Waals surface area contributed by atoms with E-state index in [0.717, 1.165) is 16.8 Å². The number of hydrogen-bond donors (Lipinski definition) is 0. The maximum atomic E-state index is 12.8. The Balaban J connectivity index is 2.32. The third kappa shape index (κ3) is 3.78. The monoisotopic (exact) mass is 324 g/mol. The fourth-order valence-electron chi connectivity index (χ4n) is 2.38. The highest BCUT2D eigenvalue weighted by Crippen LogP contribution is 2.32. The highest BCUT2D eigenvalue weighted by molar-refractivity contribution is 6.84. The van der Waals surface area contributed by atoms with Gasteiger partial charge >= 0.3 is 6.18 Å². The summed E-state index contributed by atoms with van der Waals surface area (Å²) < 4.78 is 44.1. The molecule has 2 rings (SSSR count). The van der Waals surface area contributed by atoms with Crippen molar-refractivity contribution in [3.05, 3.63) is 54.1 Å². The third-order valence-electron chi connectivity index (χ3n) is 3.61. The molecule has 2 aromatic carbocycles.